The number of carbonyl (C=O) groups is 1. The predicted molar refractivity (Wildman–Crippen MR) is 125 cm³/mol. The van der Waals surface area contributed by atoms with Gasteiger partial charge in [-0.05, 0) is 60.9 Å². The van der Waals surface area contributed by atoms with E-state index in [-0.39, 0.29) is 34.3 Å². The van der Waals surface area contributed by atoms with Gasteiger partial charge in [0, 0.05) is 11.4 Å². The molecule has 0 spiro atoms. The molecule has 3 aromatic rings. The molecule has 3 aromatic carbocycles. The van der Waals surface area contributed by atoms with Crippen LogP contribution in [0, 0.1) is 6.92 Å². The number of phenols is 1. The van der Waals surface area contributed by atoms with Crippen LogP contribution in [0.3, 0.4) is 0 Å². The molecule has 0 heterocycles. The highest BCUT2D eigenvalue weighted by molar-refractivity contribution is 7.92. The Morgan fingerprint density at radius 2 is 1.81 bits per heavy atom. The predicted octanol–water partition coefficient (Wildman–Crippen LogP) is 4.73. The summed E-state index contributed by atoms with van der Waals surface area (Å²) in [6, 6.07) is 15.8. The van der Waals surface area contributed by atoms with E-state index in [1.807, 2.05) is 19.1 Å². The van der Waals surface area contributed by atoms with Gasteiger partial charge in [0.05, 0.1) is 23.4 Å². The van der Waals surface area contributed by atoms with E-state index in [0.29, 0.717) is 17.2 Å². The zero-order chi connectivity index (χ0) is 23.3. The number of para-hydroxylation sites is 2. The van der Waals surface area contributed by atoms with Gasteiger partial charge in [0.25, 0.3) is 10.0 Å². The number of phenolic OH excluding ortho intramolecular Hbond substituents is 1. The van der Waals surface area contributed by atoms with Crippen LogP contribution in [0.15, 0.2) is 65.6 Å². The molecule has 0 aliphatic heterocycles. The third-order valence-electron chi connectivity index (χ3n) is 4.78. The Hall–Kier alpha value is -3.23. The molecule has 3 rings (SSSR count). The van der Waals surface area contributed by atoms with E-state index in [9.17, 15) is 18.3 Å². The SMILES string of the molecule is COc1ccccc1NS(=O)(=O)c1ccc(O)c(NC(=O)CCc2ccc(C)c(Cl)c2)c1. The molecule has 0 bridgehead atoms. The molecular formula is C23H23ClN2O5S. The number of benzene rings is 3. The van der Waals surface area contributed by atoms with Gasteiger partial charge in [0.15, 0.2) is 0 Å². The third-order valence-corrected chi connectivity index (χ3v) is 6.55. The summed E-state index contributed by atoms with van der Waals surface area (Å²) in [7, 11) is -2.56. The Kier molecular flexibility index (Phi) is 7.27. The normalized spacial score (nSPS) is 11.1. The molecule has 9 heteroatoms. The molecule has 32 heavy (non-hydrogen) atoms. The monoisotopic (exact) mass is 474 g/mol. The van der Waals surface area contributed by atoms with Crippen molar-refractivity contribution in [2.45, 2.75) is 24.7 Å². The van der Waals surface area contributed by atoms with Crippen LogP contribution in [0.1, 0.15) is 17.5 Å². The molecule has 0 aliphatic carbocycles. The smallest absolute Gasteiger partial charge is 0.262 e. The van der Waals surface area contributed by atoms with Crippen molar-refractivity contribution in [1.82, 2.24) is 0 Å². The van der Waals surface area contributed by atoms with Crippen molar-refractivity contribution >= 4 is 38.9 Å². The average Bonchev–Trinajstić information content (AvgIpc) is 2.76. The van der Waals surface area contributed by atoms with Gasteiger partial charge in [-0.1, -0.05) is 35.9 Å². The van der Waals surface area contributed by atoms with Crippen molar-refractivity contribution in [2.24, 2.45) is 0 Å². The first kappa shape index (κ1) is 23.4. The first-order valence-corrected chi connectivity index (χ1v) is 11.6. The molecule has 1 amide bonds. The quantitative estimate of drug-likeness (QED) is 0.409. The molecule has 3 N–H and O–H groups in total. The number of nitrogens with one attached hydrogen (secondary N) is 2. The highest BCUT2D eigenvalue weighted by Gasteiger charge is 2.19. The summed E-state index contributed by atoms with van der Waals surface area (Å²) in [6.45, 7) is 1.89. The Labute approximate surface area is 192 Å². The average molecular weight is 475 g/mol. The Bertz CT molecular complexity index is 1240. The molecule has 0 saturated heterocycles. The van der Waals surface area contributed by atoms with Gasteiger partial charge in [-0.25, -0.2) is 8.42 Å². The maximum atomic E-state index is 12.8. The topological polar surface area (TPSA) is 105 Å². The number of methoxy groups -OCH3 is 1. The summed E-state index contributed by atoms with van der Waals surface area (Å²) < 4.78 is 33.2. The minimum absolute atomic E-state index is 0.000148. The molecule has 0 radical (unpaired) electrons. The number of hydrogen-bond donors (Lipinski definition) is 3. The van der Waals surface area contributed by atoms with Gasteiger partial charge < -0.3 is 15.2 Å². The first-order valence-electron chi connectivity index (χ1n) is 9.73. The van der Waals surface area contributed by atoms with Crippen LogP contribution in [0.5, 0.6) is 11.5 Å². The van der Waals surface area contributed by atoms with Crippen LogP contribution in [0.4, 0.5) is 11.4 Å². The summed E-state index contributed by atoms with van der Waals surface area (Å²) >= 11 is 6.11. The van der Waals surface area contributed by atoms with E-state index in [1.54, 1.807) is 30.3 Å². The van der Waals surface area contributed by atoms with E-state index >= 15 is 0 Å². The Balaban J connectivity index is 1.73. The van der Waals surface area contributed by atoms with Gasteiger partial charge in [0.2, 0.25) is 5.91 Å². The molecule has 0 aromatic heterocycles. The standard InChI is InChI=1S/C23H23ClN2O5S/c1-15-7-8-16(13-18(15)24)9-12-23(28)25-20-14-17(10-11-21(20)27)32(29,30)26-19-5-3-4-6-22(19)31-2/h3-8,10-11,13-14,26-27H,9,12H2,1-2H3,(H,25,28). The van der Waals surface area contributed by atoms with Gasteiger partial charge in [-0.2, -0.15) is 0 Å². The lowest BCUT2D eigenvalue weighted by Gasteiger charge is -2.13. The maximum Gasteiger partial charge on any atom is 0.262 e. The second kappa shape index (κ2) is 9.93. The lowest BCUT2D eigenvalue weighted by atomic mass is 10.1. The molecular weight excluding hydrogens is 452 g/mol. The van der Waals surface area contributed by atoms with E-state index in [0.717, 1.165) is 11.1 Å². The zero-order valence-electron chi connectivity index (χ0n) is 17.6. The van der Waals surface area contributed by atoms with Gasteiger partial charge in [-0.15, -0.1) is 0 Å². The van der Waals surface area contributed by atoms with Crippen molar-refractivity contribution in [1.29, 1.82) is 0 Å². The van der Waals surface area contributed by atoms with Crippen molar-refractivity contribution in [3.63, 3.8) is 0 Å². The highest BCUT2D eigenvalue weighted by atomic mass is 35.5. The van der Waals surface area contributed by atoms with E-state index in [4.69, 9.17) is 16.3 Å². The number of anilines is 2. The fourth-order valence-electron chi connectivity index (χ4n) is 2.98. The van der Waals surface area contributed by atoms with Crippen LogP contribution in [0.2, 0.25) is 5.02 Å². The van der Waals surface area contributed by atoms with Gasteiger partial charge in [-0.3, -0.25) is 9.52 Å². The fourth-order valence-corrected chi connectivity index (χ4v) is 4.28. The lowest BCUT2D eigenvalue weighted by Crippen LogP contribution is -2.16. The number of aryl methyl sites for hydroxylation is 2. The Morgan fingerprint density at radius 1 is 1.06 bits per heavy atom. The number of hydrogen-bond acceptors (Lipinski definition) is 5. The van der Waals surface area contributed by atoms with E-state index in [2.05, 4.69) is 10.0 Å². The second-order valence-electron chi connectivity index (χ2n) is 7.12. The van der Waals surface area contributed by atoms with Crippen molar-refractivity contribution in [2.75, 3.05) is 17.1 Å². The summed E-state index contributed by atoms with van der Waals surface area (Å²) in [4.78, 5) is 12.3. The summed E-state index contributed by atoms with van der Waals surface area (Å²) in [6.07, 6.45) is 0.579. The van der Waals surface area contributed by atoms with Crippen LogP contribution in [0.25, 0.3) is 0 Å². The van der Waals surface area contributed by atoms with E-state index < -0.39 is 10.0 Å². The summed E-state index contributed by atoms with van der Waals surface area (Å²) in [5, 5.41) is 13.3. The Morgan fingerprint density at radius 3 is 2.53 bits per heavy atom. The fraction of sp³-hybridized carbons (Fsp3) is 0.174. The molecule has 0 unspecified atom stereocenters. The minimum Gasteiger partial charge on any atom is -0.506 e. The van der Waals surface area contributed by atoms with Crippen molar-refractivity contribution < 1.29 is 23.1 Å². The molecule has 168 valence electrons. The van der Waals surface area contributed by atoms with Crippen LogP contribution >= 0.6 is 11.6 Å². The molecule has 0 fully saturated rings. The zero-order valence-corrected chi connectivity index (χ0v) is 19.1. The van der Waals surface area contributed by atoms with Gasteiger partial charge >= 0.3 is 0 Å². The van der Waals surface area contributed by atoms with E-state index in [1.165, 1.54) is 25.3 Å². The molecule has 7 nitrogen and oxygen atoms in total. The number of rotatable bonds is 8. The summed E-state index contributed by atoms with van der Waals surface area (Å²) in [5.41, 5.74) is 2.12. The lowest BCUT2D eigenvalue weighted by molar-refractivity contribution is -0.116. The van der Waals surface area contributed by atoms with Crippen molar-refractivity contribution in [3.05, 3.63) is 76.8 Å². The number of carbonyl (C=O) groups excluding carboxylic acids is 1. The minimum atomic E-state index is -3.99. The molecule has 0 saturated carbocycles. The second-order valence-corrected chi connectivity index (χ2v) is 9.21. The van der Waals surface area contributed by atoms with Gasteiger partial charge in [0.1, 0.15) is 11.5 Å². The number of amides is 1. The molecule has 0 aliphatic rings. The highest BCUT2D eigenvalue weighted by Crippen LogP contribution is 2.30. The number of aromatic hydroxyl groups is 1. The number of sulfonamides is 1. The number of ether oxygens (including phenoxy) is 1. The first-order chi connectivity index (χ1) is 15.2. The molecule has 0 atom stereocenters. The van der Waals surface area contributed by atoms with Crippen molar-refractivity contribution in [3.8, 4) is 11.5 Å². The maximum absolute atomic E-state index is 12.8. The summed E-state index contributed by atoms with van der Waals surface area (Å²) in [5.74, 6) is -0.253. The number of halogens is 1. The van der Waals surface area contributed by atoms with Crippen LogP contribution in [-0.4, -0.2) is 26.5 Å². The van der Waals surface area contributed by atoms with Crippen LogP contribution in [-0.2, 0) is 21.2 Å². The third kappa shape index (κ3) is 5.72. The largest absolute Gasteiger partial charge is 0.506 e. The van der Waals surface area contributed by atoms with Crippen LogP contribution < -0.4 is 14.8 Å².